The molecule has 0 saturated heterocycles. The molecular weight excluding hydrogens is 504 g/mol. The number of carbonyl (C=O) groups excluding carboxylic acids is 1. The molecule has 0 bridgehead atoms. The summed E-state index contributed by atoms with van der Waals surface area (Å²) in [5.41, 5.74) is 5.43. The maximum atomic E-state index is 13.7. The van der Waals surface area contributed by atoms with E-state index >= 15 is 0 Å². The second kappa shape index (κ2) is 13.0. The van der Waals surface area contributed by atoms with Crippen molar-refractivity contribution >= 4 is 33.5 Å². The van der Waals surface area contributed by atoms with Crippen molar-refractivity contribution in [2.45, 2.75) is 25.7 Å². The molecule has 0 aliphatic carbocycles. The van der Waals surface area contributed by atoms with E-state index in [1.807, 2.05) is 31.2 Å². The number of amides is 1. The molecule has 202 valence electrons. The lowest BCUT2D eigenvalue weighted by molar-refractivity contribution is -0.119. The quantitative estimate of drug-likeness (QED) is 0.274. The highest BCUT2D eigenvalue weighted by atomic mass is 32.2. The Morgan fingerprint density at radius 2 is 1.61 bits per heavy atom. The fourth-order valence-electron chi connectivity index (χ4n) is 3.83. The first-order chi connectivity index (χ1) is 18.2. The van der Waals surface area contributed by atoms with Crippen LogP contribution in [0.3, 0.4) is 0 Å². The third-order valence-corrected chi connectivity index (χ3v) is 7.75. The van der Waals surface area contributed by atoms with Gasteiger partial charge < -0.3 is 14.4 Å². The highest BCUT2D eigenvalue weighted by molar-refractivity contribution is 7.92. The predicted octanol–water partition coefficient (Wildman–Crippen LogP) is 4.20. The van der Waals surface area contributed by atoms with E-state index in [-0.39, 0.29) is 16.3 Å². The van der Waals surface area contributed by atoms with Crippen LogP contribution in [0.15, 0.2) is 76.7 Å². The summed E-state index contributed by atoms with van der Waals surface area (Å²) in [5.74, 6) is 0.110. The average molecular weight is 539 g/mol. The molecule has 9 nitrogen and oxygen atoms in total. The number of benzene rings is 3. The van der Waals surface area contributed by atoms with Gasteiger partial charge in [-0.3, -0.25) is 9.10 Å². The van der Waals surface area contributed by atoms with E-state index in [9.17, 15) is 13.2 Å². The lowest BCUT2D eigenvalue weighted by Crippen LogP contribution is -2.39. The molecule has 0 saturated carbocycles. The second-order valence-electron chi connectivity index (χ2n) is 8.42. The minimum Gasteiger partial charge on any atom is -0.497 e. The lowest BCUT2D eigenvalue weighted by Gasteiger charge is -2.25. The summed E-state index contributed by atoms with van der Waals surface area (Å²) in [5, 5.41) is 4.03. The Morgan fingerprint density at radius 1 is 0.947 bits per heavy atom. The van der Waals surface area contributed by atoms with Crippen LogP contribution in [0.25, 0.3) is 0 Å². The average Bonchev–Trinajstić information content (AvgIpc) is 2.93. The minimum absolute atomic E-state index is 0.0468. The molecule has 0 heterocycles. The van der Waals surface area contributed by atoms with Gasteiger partial charge in [0.15, 0.2) is 0 Å². The van der Waals surface area contributed by atoms with Crippen LogP contribution in [0.2, 0.25) is 0 Å². The zero-order chi connectivity index (χ0) is 27.7. The van der Waals surface area contributed by atoms with Crippen LogP contribution in [0.1, 0.15) is 25.0 Å². The number of nitrogens with one attached hydrogen (secondary N) is 1. The standard InChI is InChI=1S/C28H34N4O5S/c1-6-31(7-2)23-12-10-22(11-13-23)19-29-30-28(33)20-32(26-17-14-24(36-4)18-27(26)37-5)38(34,35)25-15-8-21(3)9-16-25/h8-19H,6-7,20H2,1-5H3,(H,30,33)/b29-19-. The fourth-order valence-corrected chi connectivity index (χ4v) is 5.26. The van der Waals surface area contributed by atoms with Gasteiger partial charge in [0.05, 0.1) is 31.0 Å². The Labute approximate surface area is 224 Å². The molecule has 0 spiro atoms. The number of carbonyl (C=O) groups is 1. The molecule has 0 aromatic heterocycles. The van der Waals surface area contributed by atoms with Gasteiger partial charge in [-0.15, -0.1) is 0 Å². The largest absolute Gasteiger partial charge is 0.497 e. The zero-order valence-electron chi connectivity index (χ0n) is 22.3. The molecule has 1 N–H and O–H groups in total. The number of rotatable bonds is 12. The Kier molecular flexibility index (Phi) is 9.72. The van der Waals surface area contributed by atoms with Crippen LogP contribution in [0.4, 0.5) is 11.4 Å². The predicted molar refractivity (Wildman–Crippen MR) is 151 cm³/mol. The molecule has 38 heavy (non-hydrogen) atoms. The van der Waals surface area contributed by atoms with Crippen molar-refractivity contribution in [3.05, 3.63) is 77.9 Å². The van der Waals surface area contributed by atoms with E-state index in [1.165, 1.54) is 38.6 Å². The molecular formula is C28H34N4O5S. The van der Waals surface area contributed by atoms with Gasteiger partial charge in [-0.2, -0.15) is 5.10 Å². The number of anilines is 2. The summed E-state index contributed by atoms with van der Waals surface area (Å²) in [7, 11) is -1.20. The number of ether oxygens (including phenoxy) is 2. The van der Waals surface area contributed by atoms with E-state index in [4.69, 9.17) is 9.47 Å². The van der Waals surface area contributed by atoms with E-state index in [0.29, 0.717) is 5.75 Å². The molecule has 0 radical (unpaired) electrons. The van der Waals surface area contributed by atoms with Crippen LogP contribution in [-0.2, 0) is 14.8 Å². The Morgan fingerprint density at radius 3 is 2.18 bits per heavy atom. The third-order valence-electron chi connectivity index (χ3n) is 5.98. The van der Waals surface area contributed by atoms with Crippen LogP contribution < -0.4 is 24.1 Å². The van der Waals surface area contributed by atoms with Gasteiger partial charge in [0.2, 0.25) is 0 Å². The van der Waals surface area contributed by atoms with Crippen molar-refractivity contribution in [3.8, 4) is 11.5 Å². The highest BCUT2D eigenvalue weighted by Crippen LogP contribution is 2.35. The van der Waals surface area contributed by atoms with Crippen LogP contribution in [0.5, 0.6) is 11.5 Å². The molecule has 0 atom stereocenters. The minimum atomic E-state index is -4.12. The number of aryl methyl sites for hydroxylation is 1. The van der Waals surface area contributed by atoms with Gasteiger partial charge in [-0.25, -0.2) is 13.8 Å². The van der Waals surface area contributed by atoms with Crippen molar-refractivity contribution in [1.82, 2.24) is 5.43 Å². The van der Waals surface area contributed by atoms with E-state index in [0.717, 1.165) is 34.2 Å². The van der Waals surface area contributed by atoms with Gasteiger partial charge in [0.1, 0.15) is 18.0 Å². The Hall–Kier alpha value is -4.05. The van der Waals surface area contributed by atoms with Crippen molar-refractivity contribution in [3.63, 3.8) is 0 Å². The molecule has 10 heteroatoms. The molecule has 3 aromatic carbocycles. The summed E-state index contributed by atoms with van der Waals surface area (Å²) in [6.45, 7) is 7.35. The van der Waals surface area contributed by atoms with Gasteiger partial charge in [-0.1, -0.05) is 29.8 Å². The zero-order valence-corrected chi connectivity index (χ0v) is 23.2. The maximum absolute atomic E-state index is 13.7. The third kappa shape index (κ3) is 6.83. The van der Waals surface area contributed by atoms with Crippen LogP contribution in [0, 0.1) is 6.92 Å². The number of hydrogen-bond acceptors (Lipinski definition) is 7. The molecule has 0 fully saturated rings. The normalized spacial score (nSPS) is 11.3. The molecule has 0 aliphatic rings. The van der Waals surface area contributed by atoms with E-state index < -0.39 is 22.5 Å². The SMILES string of the molecule is CCN(CC)c1ccc(/C=N\NC(=O)CN(c2ccc(OC)cc2OC)S(=O)(=O)c2ccc(C)cc2)cc1. The first-order valence-electron chi connectivity index (χ1n) is 12.2. The number of methoxy groups -OCH3 is 2. The molecule has 0 unspecified atom stereocenters. The molecule has 0 aliphatic heterocycles. The summed E-state index contributed by atoms with van der Waals surface area (Å²) in [6, 6.07) is 18.9. The Bertz CT molecular complexity index is 1350. The van der Waals surface area contributed by atoms with E-state index in [1.54, 1.807) is 24.3 Å². The van der Waals surface area contributed by atoms with Crippen molar-refractivity contribution < 1.29 is 22.7 Å². The lowest BCUT2D eigenvalue weighted by atomic mass is 10.2. The first kappa shape index (κ1) is 28.5. The first-order valence-corrected chi connectivity index (χ1v) is 13.7. The Balaban J connectivity index is 1.85. The monoisotopic (exact) mass is 538 g/mol. The fraction of sp³-hybridized carbons (Fsp3) is 0.286. The van der Waals surface area contributed by atoms with Crippen molar-refractivity contribution in [1.29, 1.82) is 0 Å². The highest BCUT2D eigenvalue weighted by Gasteiger charge is 2.29. The van der Waals surface area contributed by atoms with Crippen LogP contribution in [-0.4, -0.2) is 54.4 Å². The smallest absolute Gasteiger partial charge is 0.264 e. The summed E-state index contributed by atoms with van der Waals surface area (Å²) >= 11 is 0. The van der Waals surface area contributed by atoms with Crippen molar-refractivity contribution in [2.24, 2.45) is 5.10 Å². The number of hydrogen-bond donors (Lipinski definition) is 1. The molecule has 3 aromatic rings. The number of hydrazone groups is 1. The van der Waals surface area contributed by atoms with Gasteiger partial charge >= 0.3 is 0 Å². The summed E-state index contributed by atoms with van der Waals surface area (Å²) in [4.78, 5) is 15.2. The molecule has 1 amide bonds. The van der Waals surface area contributed by atoms with Crippen molar-refractivity contribution in [2.75, 3.05) is 43.1 Å². The summed E-state index contributed by atoms with van der Waals surface area (Å²) in [6.07, 6.45) is 1.51. The van der Waals surface area contributed by atoms with Crippen LogP contribution >= 0.6 is 0 Å². The number of nitrogens with zero attached hydrogens (tertiary/aromatic N) is 3. The second-order valence-corrected chi connectivity index (χ2v) is 10.3. The summed E-state index contributed by atoms with van der Waals surface area (Å²) < 4.78 is 39.0. The van der Waals surface area contributed by atoms with Gasteiger partial charge in [0, 0.05) is 24.8 Å². The maximum Gasteiger partial charge on any atom is 0.264 e. The number of sulfonamides is 1. The van der Waals surface area contributed by atoms with E-state index in [2.05, 4.69) is 29.3 Å². The topological polar surface area (TPSA) is 101 Å². The molecule has 3 rings (SSSR count). The van der Waals surface area contributed by atoms with Gasteiger partial charge in [-0.05, 0) is 62.7 Å². The van der Waals surface area contributed by atoms with Gasteiger partial charge in [0.25, 0.3) is 15.9 Å².